The van der Waals surface area contributed by atoms with E-state index in [2.05, 4.69) is 32.3 Å². The zero-order valence-corrected chi connectivity index (χ0v) is 12.4. The van der Waals surface area contributed by atoms with Gasteiger partial charge in [0.1, 0.15) is 0 Å². The summed E-state index contributed by atoms with van der Waals surface area (Å²) in [6.07, 6.45) is 4.50. The van der Waals surface area contributed by atoms with Gasteiger partial charge in [0, 0.05) is 27.9 Å². The zero-order chi connectivity index (χ0) is 13.0. The Balaban J connectivity index is 2.26. The number of nitrogens with one attached hydrogen (secondary N) is 1. The second-order valence-corrected chi connectivity index (χ2v) is 5.39. The first-order valence-corrected chi connectivity index (χ1v) is 6.89. The van der Waals surface area contributed by atoms with Gasteiger partial charge >= 0.3 is 0 Å². The molecule has 1 N–H and O–H groups in total. The van der Waals surface area contributed by atoms with Gasteiger partial charge < -0.3 is 5.32 Å². The molecular weight excluding hydrogens is 312 g/mol. The van der Waals surface area contributed by atoms with Crippen molar-refractivity contribution in [2.75, 3.05) is 7.05 Å². The highest BCUT2D eigenvalue weighted by Gasteiger charge is 2.13. The highest BCUT2D eigenvalue weighted by atomic mass is 79.9. The summed E-state index contributed by atoms with van der Waals surface area (Å²) in [5.74, 6) is 0. The van der Waals surface area contributed by atoms with E-state index in [4.69, 9.17) is 11.6 Å². The van der Waals surface area contributed by atoms with E-state index in [9.17, 15) is 0 Å². The predicted molar refractivity (Wildman–Crippen MR) is 78.9 cm³/mol. The summed E-state index contributed by atoms with van der Waals surface area (Å²) >= 11 is 9.75. The quantitative estimate of drug-likeness (QED) is 0.919. The van der Waals surface area contributed by atoms with Crippen LogP contribution in [-0.4, -0.2) is 12.0 Å². The van der Waals surface area contributed by atoms with Crippen LogP contribution in [0.3, 0.4) is 0 Å². The first-order valence-electron chi connectivity index (χ1n) is 5.72. The van der Waals surface area contributed by atoms with Gasteiger partial charge in [-0.05, 0) is 54.9 Å². The van der Waals surface area contributed by atoms with Crippen LogP contribution in [0.2, 0.25) is 5.02 Å². The molecule has 0 saturated heterocycles. The van der Waals surface area contributed by atoms with Crippen molar-refractivity contribution in [2.24, 2.45) is 0 Å². The molecule has 0 aliphatic rings. The van der Waals surface area contributed by atoms with Gasteiger partial charge in [-0.15, -0.1) is 0 Å². The molecule has 94 valence electrons. The molecule has 18 heavy (non-hydrogen) atoms. The number of hydrogen-bond donors (Lipinski definition) is 1. The molecule has 2 aromatic rings. The minimum Gasteiger partial charge on any atom is -0.313 e. The minimum atomic E-state index is 0.192. The number of rotatable bonds is 4. The lowest BCUT2D eigenvalue weighted by molar-refractivity contribution is 0.591. The van der Waals surface area contributed by atoms with Gasteiger partial charge in [0.2, 0.25) is 0 Å². The summed E-state index contributed by atoms with van der Waals surface area (Å²) < 4.78 is 1.04. The molecule has 1 aromatic heterocycles. The maximum atomic E-state index is 6.26. The Morgan fingerprint density at radius 2 is 2.00 bits per heavy atom. The van der Waals surface area contributed by atoms with E-state index in [0.29, 0.717) is 0 Å². The first kappa shape index (κ1) is 13.5. The molecule has 0 radical (unpaired) electrons. The topological polar surface area (TPSA) is 24.9 Å². The molecular formula is C14H14BrClN2. The van der Waals surface area contributed by atoms with E-state index in [1.54, 1.807) is 0 Å². The Kier molecular flexibility index (Phi) is 4.75. The normalized spacial score (nSPS) is 12.4. The maximum Gasteiger partial charge on any atom is 0.0454 e. The Labute approximate surface area is 121 Å². The SMILES string of the molecule is CNC(Cc1ccncc1)c1cc(Br)ccc1Cl. The highest BCUT2D eigenvalue weighted by Crippen LogP contribution is 2.28. The first-order chi connectivity index (χ1) is 8.70. The summed E-state index contributed by atoms with van der Waals surface area (Å²) in [5.41, 5.74) is 2.34. The third-order valence-corrected chi connectivity index (χ3v) is 3.71. The van der Waals surface area contributed by atoms with E-state index in [1.807, 2.05) is 43.7 Å². The monoisotopic (exact) mass is 324 g/mol. The van der Waals surface area contributed by atoms with E-state index in [-0.39, 0.29) is 6.04 Å². The van der Waals surface area contributed by atoms with Crippen LogP contribution in [0.1, 0.15) is 17.2 Å². The molecule has 0 amide bonds. The Morgan fingerprint density at radius 1 is 1.28 bits per heavy atom. The van der Waals surface area contributed by atoms with Gasteiger partial charge in [-0.1, -0.05) is 27.5 Å². The summed E-state index contributed by atoms with van der Waals surface area (Å²) in [5, 5.41) is 4.09. The summed E-state index contributed by atoms with van der Waals surface area (Å²) in [4.78, 5) is 4.03. The Hall–Kier alpha value is -0.900. The zero-order valence-electron chi connectivity index (χ0n) is 10.0. The van der Waals surface area contributed by atoms with Gasteiger partial charge in [-0.25, -0.2) is 0 Å². The lowest BCUT2D eigenvalue weighted by Crippen LogP contribution is -2.19. The van der Waals surface area contributed by atoms with Crippen LogP contribution in [0.5, 0.6) is 0 Å². The van der Waals surface area contributed by atoms with Gasteiger partial charge in [0.05, 0.1) is 0 Å². The van der Waals surface area contributed by atoms with Gasteiger partial charge in [0.25, 0.3) is 0 Å². The molecule has 0 saturated carbocycles. The fourth-order valence-corrected chi connectivity index (χ4v) is 2.53. The molecule has 2 rings (SSSR count). The van der Waals surface area contributed by atoms with E-state index < -0.39 is 0 Å². The van der Waals surface area contributed by atoms with Crippen molar-refractivity contribution in [3.63, 3.8) is 0 Å². The van der Waals surface area contributed by atoms with Crippen LogP contribution in [-0.2, 0) is 6.42 Å². The van der Waals surface area contributed by atoms with E-state index in [0.717, 1.165) is 21.5 Å². The third kappa shape index (κ3) is 3.31. The molecule has 0 bridgehead atoms. The lowest BCUT2D eigenvalue weighted by Gasteiger charge is -2.18. The second-order valence-electron chi connectivity index (χ2n) is 4.07. The molecule has 4 heteroatoms. The second kappa shape index (κ2) is 6.32. The molecule has 1 aromatic carbocycles. The van der Waals surface area contributed by atoms with Crippen molar-refractivity contribution in [3.8, 4) is 0 Å². The fraction of sp³-hybridized carbons (Fsp3) is 0.214. The van der Waals surface area contributed by atoms with Crippen molar-refractivity contribution >= 4 is 27.5 Å². The largest absolute Gasteiger partial charge is 0.313 e. The van der Waals surface area contributed by atoms with Crippen LogP contribution < -0.4 is 5.32 Å². The molecule has 2 nitrogen and oxygen atoms in total. The van der Waals surface area contributed by atoms with Crippen LogP contribution >= 0.6 is 27.5 Å². The maximum absolute atomic E-state index is 6.26. The van der Waals surface area contributed by atoms with Crippen molar-refractivity contribution in [1.82, 2.24) is 10.3 Å². The number of benzene rings is 1. The Bertz CT molecular complexity index is 516. The number of halogens is 2. The van der Waals surface area contributed by atoms with Crippen molar-refractivity contribution in [3.05, 3.63) is 63.3 Å². The highest BCUT2D eigenvalue weighted by molar-refractivity contribution is 9.10. The molecule has 1 atom stereocenters. The standard InChI is InChI=1S/C14H14BrClN2/c1-17-14(8-10-4-6-18-7-5-10)12-9-11(15)2-3-13(12)16/h2-7,9,14,17H,8H2,1H3. The van der Waals surface area contributed by atoms with Crippen LogP contribution in [0.4, 0.5) is 0 Å². The van der Waals surface area contributed by atoms with Gasteiger partial charge in [0.15, 0.2) is 0 Å². The molecule has 0 aliphatic carbocycles. The van der Waals surface area contributed by atoms with Crippen molar-refractivity contribution < 1.29 is 0 Å². The predicted octanol–water partition coefficient (Wildman–Crippen LogP) is 4.00. The van der Waals surface area contributed by atoms with Crippen LogP contribution in [0.15, 0.2) is 47.2 Å². The van der Waals surface area contributed by atoms with Gasteiger partial charge in [-0.3, -0.25) is 4.98 Å². The molecule has 1 unspecified atom stereocenters. The molecule has 1 heterocycles. The lowest BCUT2D eigenvalue weighted by atomic mass is 10.00. The van der Waals surface area contributed by atoms with Crippen molar-refractivity contribution in [2.45, 2.75) is 12.5 Å². The molecule has 0 fully saturated rings. The number of likely N-dealkylation sites (N-methyl/N-ethyl adjacent to an activating group) is 1. The van der Waals surface area contributed by atoms with Crippen molar-refractivity contribution in [1.29, 1.82) is 0 Å². The minimum absolute atomic E-state index is 0.192. The summed E-state index contributed by atoms with van der Waals surface area (Å²) in [7, 11) is 1.95. The van der Waals surface area contributed by atoms with E-state index >= 15 is 0 Å². The summed E-state index contributed by atoms with van der Waals surface area (Å²) in [6, 6.07) is 10.2. The average Bonchev–Trinajstić information content (AvgIpc) is 2.40. The number of pyridine rings is 1. The number of nitrogens with zero attached hydrogens (tertiary/aromatic N) is 1. The molecule has 0 spiro atoms. The van der Waals surface area contributed by atoms with Crippen LogP contribution in [0, 0.1) is 0 Å². The fourth-order valence-electron chi connectivity index (χ4n) is 1.90. The smallest absolute Gasteiger partial charge is 0.0454 e. The third-order valence-electron chi connectivity index (χ3n) is 2.87. The van der Waals surface area contributed by atoms with Crippen LogP contribution in [0.25, 0.3) is 0 Å². The summed E-state index contributed by atoms with van der Waals surface area (Å²) in [6.45, 7) is 0. The van der Waals surface area contributed by atoms with E-state index in [1.165, 1.54) is 5.56 Å². The molecule has 0 aliphatic heterocycles. The Morgan fingerprint density at radius 3 is 2.67 bits per heavy atom. The average molecular weight is 326 g/mol. The van der Waals surface area contributed by atoms with Gasteiger partial charge in [-0.2, -0.15) is 0 Å². The number of aromatic nitrogens is 1. The number of hydrogen-bond acceptors (Lipinski definition) is 2.